The van der Waals surface area contributed by atoms with Crippen LogP contribution in [-0.2, 0) is 19.7 Å². The summed E-state index contributed by atoms with van der Waals surface area (Å²) in [5.74, 6) is -2.73. The molecular weight excluding hydrogens is 204 g/mol. The van der Waals surface area contributed by atoms with E-state index >= 15 is 0 Å². The molecule has 0 radical (unpaired) electrons. The molecule has 1 fully saturated rings. The summed E-state index contributed by atoms with van der Waals surface area (Å²) >= 11 is 0. The number of hydrogen-bond acceptors (Lipinski definition) is 5. The first-order chi connectivity index (χ1) is 5.82. The molecule has 0 bridgehead atoms. The van der Waals surface area contributed by atoms with Gasteiger partial charge in [0.05, 0.1) is 0 Å². The summed E-state index contributed by atoms with van der Waals surface area (Å²) in [7, 11) is -4.82. The van der Waals surface area contributed by atoms with Gasteiger partial charge in [0.25, 0.3) is 21.9 Å². The van der Waals surface area contributed by atoms with E-state index in [9.17, 15) is 22.8 Å². The van der Waals surface area contributed by atoms with E-state index in [0.717, 1.165) is 0 Å². The van der Waals surface area contributed by atoms with Crippen molar-refractivity contribution in [3.8, 4) is 0 Å². The number of carbonyl (C=O) groups excluding carboxylic acids is 3. The lowest BCUT2D eigenvalue weighted by atomic mass is 10.3. The van der Waals surface area contributed by atoms with Gasteiger partial charge in [-0.1, -0.05) is 0 Å². The fraction of sp³-hybridized carbons (Fsp3) is 0.250. The molecule has 0 aromatic carbocycles. The Hall–Kier alpha value is -1.48. The zero-order valence-electron chi connectivity index (χ0n) is 5.97. The summed E-state index contributed by atoms with van der Waals surface area (Å²) in [4.78, 5) is 31.9. The van der Waals surface area contributed by atoms with Crippen LogP contribution in [-0.4, -0.2) is 36.1 Å². The molecule has 0 saturated carbocycles. The Labute approximate surface area is 72.0 Å². The monoisotopic (exact) mass is 208 g/mol. The summed E-state index contributed by atoms with van der Waals surface area (Å²) in [6, 6.07) is -1.12. The first-order valence-corrected chi connectivity index (χ1v) is 4.44. The maximum absolute atomic E-state index is 10.7. The minimum Gasteiger partial charge on any atom is -0.285 e. The molecule has 1 aliphatic rings. The largest absolute Gasteiger partial charge is 0.328 e. The van der Waals surface area contributed by atoms with Gasteiger partial charge in [-0.3, -0.25) is 24.8 Å². The summed E-state index contributed by atoms with van der Waals surface area (Å²) in [6.45, 7) is 0. The highest BCUT2D eigenvalue weighted by Crippen LogP contribution is 2.02. The number of barbiturate groups is 1. The molecule has 9 heteroatoms. The van der Waals surface area contributed by atoms with Gasteiger partial charge in [-0.2, -0.15) is 8.42 Å². The highest BCUT2D eigenvalue weighted by molar-refractivity contribution is 7.88. The van der Waals surface area contributed by atoms with Gasteiger partial charge < -0.3 is 0 Å². The maximum atomic E-state index is 10.7. The van der Waals surface area contributed by atoms with E-state index in [4.69, 9.17) is 4.55 Å². The molecule has 1 rings (SSSR count). The van der Waals surface area contributed by atoms with Gasteiger partial charge in [-0.15, -0.1) is 0 Å². The molecule has 0 aromatic rings. The molecule has 0 atom stereocenters. The van der Waals surface area contributed by atoms with Crippen LogP contribution >= 0.6 is 0 Å². The van der Waals surface area contributed by atoms with Crippen LogP contribution in [0.4, 0.5) is 4.79 Å². The SMILES string of the molecule is O=C1NC(=O)C(S(=O)(=O)O)C(=O)N1. The van der Waals surface area contributed by atoms with Crippen molar-refractivity contribution in [3.63, 3.8) is 0 Å². The highest BCUT2D eigenvalue weighted by atomic mass is 32.2. The van der Waals surface area contributed by atoms with Crippen LogP contribution in [0.1, 0.15) is 0 Å². The second kappa shape index (κ2) is 2.78. The third-order valence-corrected chi connectivity index (χ3v) is 2.27. The predicted octanol–water partition coefficient (Wildman–Crippen LogP) is -2.39. The van der Waals surface area contributed by atoms with Gasteiger partial charge in [-0.05, 0) is 0 Å². The Morgan fingerprint density at radius 2 is 1.46 bits per heavy atom. The Bertz CT molecular complexity index is 363. The molecule has 1 saturated heterocycles. The topological polar surface area (TPSA) is 130 Å². The van der Waals surface area contributed by atoms with E-state index in [0.29, 0.717) is 0 Å². The first kappa shape index (κ1) is 9.61. The minimum atomic E-state index is -4.82. The van der Waals surface area contributed by atoms with Crippen LogP contribution in [0, 0.1) is 0 Å². The molecule has 8 nitrogen and oxygen atoms in total. The number of urea groups is 1. The third-order valence-electron chi connectivity index (χ3n) is 1.25. The quantitative estimate of drug-likeness (QED) is 0.325. The normalized spacial score (nSPS) is 19.6. The molecule has 4 amide bonds. The van der Waals surface area contributed by atoms with Crippen LogP contribution in [0.5, 0.6) is 0 Å². The van der Waals surface area contributed by atoms with Gasteiger partial charge in [0.1, 0.15) is 0 Å². The fourth-order valence-corrected chi connectivity index (χ4v) is 1.43. The maximum Gasteiger partial charge on any atom is 0.328 e. The average Bonchev–Trinajstić information content (AvgIpc) is 1.78. The number of carbonyl (C=O) groups is 3. The Morgan fingerprint density at radius 3 is 1.77 bits per heavy atom. The number of rotatable bonds is 1. The van der Waals surface area contributed by atoms with Crippen LogP contribution < -0.4 is 10.6 Å². The van der Waals surface area contributed by atoms with Crippen molar-refractivity contribution in [1.29, 1.82) is 0 Å². The summed E-state index contributed by atoms with van der Waals surface area (Å²) in [5, 5.41) is 0.762. The van der Waals surface area contributed by atoms with Crippen molar-refractivity contribution < 1.29 is 27.4 Å². The highest BCUT2D eigenvalue weighted by Gasteiger charge is 2.43. The molecule has 0 aliphatic carbocycles. The van der Waals surface area contributed by atoms with Crippen molar-refractivity contribution in [2.75, 3.05) is 0 Å². The van der Waals surface area contributed by atoms with Gasteiger partial charge >= 0.3 is 6.03 Å². The van der Waals surface area contributed by atoms with E-state index in [1.165, 1.54) is 10.6 Å². The molecule has 3 N–H and O–H groups in total. The second-order valence-corrected chi connectivity index (χ2v) is 3.70. The van der Waals surface area contributed by atoms with Crippen molar-refractivity contribution in [2.45, 2.75) is 5.25 Å². The number of hydrogen-bond donors (Lipinski definition) is 3. The summed E-state index contributed by atoms with van der Waals surface area (Å²) < 4.78 is 29.3. The lowest BCUT2D eigenvalue weighted by Crippen LogP contribution is -2.60. The van der Waals surface area contributed by atoms with E-state index < -0.39 is 33.2 Å². The lowest BCUT2D eigenvalue weighted by molar-refractivity contribution is -0.129. The zero-order valence-corrected chi connectivity index (χ0v) is 6.79. The minimum absolute atomic E-state index is 1.12. The van der Waals surface area contributed by atoms with Gasteiger partial charge in [-0.25, -0.2) is 4.79 Å². The Kier molecular flexibility index (Phi) is 2.05. The fourth-order valence-electron chi connectivity index (χ4n) is 0.776. The molecule has 1 aliphatic heterocycles. The predicted molar refractivity (Wildman–Crippen MR) is 37.0 cm³/mol. The Balaban J connectivity index is 3.06. The molecular formula is C4H4N2O6S. The summed E-state index contributed by atoms with van der Waals surface area (Å²) in [6.07, 6.45) is 0. The standard InChI is InChI=1S/C4H4N2O6S/c7-2-1(13(10,11)12)3(8)6-4(9)5-2/h1H,(H,10,11,12)(H2,5,6,7,8,9). The zero-order chi connectivity index (χ0) is 10.2. The number of nitrogens with one attached hydrogen (secondary N) is 2. The van der Waals surface area contributed by atoms with Crippen molar-refractivity contribution in [3.05, 3.63) is 0 Å². The average molecular weight is 208 g/mol. The molecule has 13 heavy (non-hydrogen) atoms. The second-order valence-electron chi connectivity index (χ2n) is 2.20. The number of amides is 4. The van der Waals surface area contributed by atoms with Crippen molar-refractivity contribution >= 4 is 28.0 Å². The molecule has 72 valence electrons. The molecule has 0 aromatic heterocycles. The van der Waals surface area contributed by atoms with Crippen molar-refractivity contribution in [1.82, 2.24) is 10.6 Å². The third kappa shape index (κ3) is 1.81. The van der Waals surface area contributed by atoms with Crippen LogP contribution in [0.25, 0.3) is 0 Å². The smallest absolute Gasteiger partial charge is 0.285 e. The lowest BCUT2D eigenvalue weighted by Gasteiger charge is -2.17. The van der Waals surface area contributed by atoms with Crippen LogP contribution in [0.3, 0.4) is 0 Å². The van der Waals surface area contributed by atoms with E-state index in [-0.39, 0.29) is 0 Å². The van der Waals surface area contributed by atoms with Crippen molar-refractivity contribution in [2.24, 2.45) is 0 Å². The van der Waals surface area contributed by atoms with E-state index in [1.54, 1.807) is 0 Å². The Morgan fingerprint density at radius 1 is 1.08 bits per heavy atom. The molecule has 1 heterocycles. The van der Waals surface area contributed by atoms with Gasteiger partial charge in [0, 0.05) is 0 Å². The first-order valence-electron chi connectivity index (χ1n) is 2.94. The van der Waals surface area contributed by atoms with Gasteiger partial charge in [0.2, 0.25) is 5.25 Å². The van der Waals surface area contributed by atoms with E-state index in [2.05, 4.69) is 0 Å². The molecule has 0 spiro atoms. The number of imide groups is 2. The van der Waals surface area contributed by atoms with Crippen LogP contribution in [0.2, 0.25) is 0 Å². The van der Waals surface area contributed by atoms with Crippen LogP contribution in [0.15, 0.2) is 0 Å². The van der Waals surface area contributed by atoms with Gasteiger partial charge in [0.15, 0.2) is 0 Å². The molecule has 0 unspecified atom stereocenters. The van der Waals surface area contributed by atoms with E-state index in [1.807, 2.05) is 0 Å². The summed E-state index contributed by atoms with van der Waals surface area (Å²) in [5.41, 5.74) is 0.